The van der Waals surface area contributed by atoms with E-state index < -0.39 is 11.6 Å². The number of urea groups is 1. The first-order valence-corrected chi connectivity index (χ1v) is 8.48. The molecule has 1 N–H and O–H groups in total. The second-order valence-electron chi connectivity index (χ2n) is 6.39. The van der Waals surface area contributed by atoms with Crippen LogP contribution >= 0.6 is 0 Å². The van der Waals surface area contributed by atoms with Crippen molar-refractivity contribution in [3.8, 4) is 5.75 Å². The van der Waals surface area contributed by atoms with Crippen LogP contribution in [0.4, 0.5) is 9.18 Å². The molecule has 0 saturated carbocycles. The number of carbonyl (C=O) groups is 1. The van der Waals surface area contributed by atoms with Crippen molar-refractivity contribution in [2.24, 2.45) is 5.18 Å². The van der Waals surface area contributed by atoms with Crippen LogP contribution < -0.4 is 5.56 Å². The first-order valence-electron chi connectivity index (χ1n) is 8.48. The fourth-order valence-electron chi connectivity index (χ4n) is 3.08. The van der Waals surface area contributed by atoms with Crippen molar-refractivity contribution in [1.29, 1.82) is 0 Å². The van der Waals surface area contributed by atoms with E-state index in [-0.39, 0.29) is 18.1 Å². The summed E-state index contributed by atoms with van der Waals surface area (Å²) in [6, 6.07) is 6.81. The van der Waals surface area contributed by atoms with Gasteiger partial charge >= 0.3 is 6.03 Å². The molecule has 1 aromatic heterocycles. The third-order valence-electron chi connectivity index (χ3n) is 4.58. The highest BCUT2D eigenvalue weighted by molar-refractivity contribution is 5.74. The van der Waals surface area contributed by atoms with E-state index >= 15 is 0 Å². The molecule has 1 aliphatic rings. The van der Waals surface area contributed by atoms with Gasteiger partial charge in [0.15, 0.2) is 5.75 Å². The molecule has 0 atom stereocenters. The van der Waals surface area contributed by atoms with Crippen LogP contribution in [0.5, 0.6) is 5.75 Å². The van der Waals surface area contributed by atoms with E-state index in [1.54, 1.807) is 24.4 Å². The average Bonchev–Trinajstić information content (AvgIpc) is 2.68. The van der Waals surface area contributed by atoms with Gasteiger partial charge in [0.1, 0.15) is 5.82 Å². The highest BCUT2D eigenvalue weighted by atomic mass is 19.1. The van der Waals surface area contributed by atoms with Crippen molar-refractivity contribution >= 4 is 6.03 Å². The number of benzene rings is 1. The van der Waals surface area contributed by atoms with Gasteiger partial charge < -0.3 is 14.6 Å². The summed E-state index contributed by atoms with van der Waals surface area (Å²) >= 11 is 0. The number of carbonyl (C=O) groups excluding carboxylic acids is 1. The molecule has 1 saturated heterocycles. The number of pyridine rings is 1. The highest BCUT2D eigenvalue weighted by Gasteiger charge is 2.22. The van der Waals surface area contributed by atoms with Gasteiger partial charge in [-0.1, -0.05) is 12.1 Å². The molecule has 142 valence electrons. The highest BCUT2D eigenvalue weighted by Crippen LogP contribution is 2.16. The molecule has 9 heteroatoms. The van der Waals surface area contributed by atoms with Crippen LogP contribution in [0.2, 0.25) is 0 Å². The minimum Gasteiger partial charge on any atom is -0.503 e. The van der Waals surface area contributed by atoms with Crippen LogP contribution in [-0.4, -0.2) is 51.7 Å². The summed E-state index contributed by atoms with van der Waals surface area (Å²) in [6.07, 6.45) is 1.57. The summed E-state index contributed by atoms with van der Waals surface area (Å²) in [5.74, 6) is -0.731. The predicted octanol–water partition coefficient (Wildman–Crippen LogP) is 1.75. The molecule has 2 amide bonds. The van der Waals surface area contributed by atoms with Gasteiger partial charge in [0.25, 0.3) is 5.56 Å². The molecule has 2 heterocycles. The Morgan fingerprint density at radius 2 is 1.89 bits per heavy atom. The van der Waals surface area contributed by atoms with E-state index in [1.165, 1.54) is 21.6 Å². The SMILES string of the molecule is O=NC(=O)N1CCN(Cc2ccn(Cc3cccc(F)c3)c(=O)c2O)CC1. The Labute approximate surface area is 154 Å². The van der Waals surface area contributed by atoms with E-state index in [0.717, 1.165) is 0 Å². The number of aromatic hydroxyl groups is 1. The maximum atomic E-state index is 13.3. The van der Waals surface area contributed by atoms with Crippen molar-refractivity contribution in [1.82, 2.24) is 14.4 Å². The summed E-state index contributed by atoms with van der Waals surface area (Å²) in [7, 11) is 0. The lowest BCUT2D eigenvalue weighted by atomic mass is 10.2. The number of rotatable bonds is 4. The largest absolute Gasteiger partial charge is 0.503 e. The van der Waals surface area contributed by atoms with Crippen molar-refractivity contribution in [2.45, 2.75) is 13.1 Å². The molecule has 0 radical (unpaired) electrons. The molecule has 1 aromatic carbocycles. The summed E-state index contributed by atoms with van der Waals surface area (Å²) in [5, 5.41) is 12.7. The Bertz CT molecular complexity index is 906. The summed E-state index contributed by atoms with van der Waals surface area (Å²) in [6.45, 7) is 2.24. The zero-order valence-electron chi connectivity index (χ0n) is 14.5. The van der Waals surface area contributed by atoms with E-state index in [1.807, 2.05) is 4.90 Å². The minimum absolute atomic E-state index is 0.157. The lowest BCUT2D eigenvalue weighted by molar-refractivity contribution is 0.140. The number of piperazine rings is 1. The number of nitrogens with zero attached hydrogens (tertiary/aromatic N) is 4. The smallest absolute Gasteiger partial charge is 0.381 e. The standard InChI is InChI=1S/C18H19FN4O4/c19-15-3-1-2-13(10-15)11-23-5-4-14(16(24)17(23)25)12-21-6-8-22(9-7-21)18(26)20-27/h1-5,10,24H,6-9,11-12H2. The Balaban J connectivity index is 1.68. The Hall–Kier alpha value is -3.07. The Morgan fingerprint density at radius 1 is 1.15 bits per heavy atom. The fourth-order valence-corrected chi connectivity index (χ4v) is 3.08. The number of nitroso groups, excluding NO2 is 1. The van der Waals surface area contributed by atoms with Crippen molar-refractivity contribution in [3.63, 3.8) is 0 Å². The van der Waals surface area contributed by atoms with Crippen LogP contribution in [0.15, 0.2) is 46.5 Å². The van der Waals surface area contributed by atoms with E-state index in [4.69, 9.17) is 0 Å². The van der Waals surface area contributed by atoms with Gasteiger partial charge in [0.05, 0.1) is 6.54 Å². The number of hydrogen-bond acceptors (Lipinski definition) is 5. The molecule has 0 bridgehead atoms. The third kappa shape index (κ3) is 4.37. The van der Waals surface area contributed by atoms with E-state index in [2.05, 4.69) is 5.18 Å². The summed E-state index contributed by atoms with van der Waals surface area (Å²) < 4.78 is 14.6. The normalized spacial score (nSPS) is 14.9. The van der Waals surface area contributed by atoms with Crippen LogP contribution in [0, 0.1) is 10.7 Å². The van der Waals surface area contributed by atoms with Gasteiger partial charge in [0.2, 0.25) is 0 Å². The topological polar surface area (TPSA) is 95.2 Å². The molecule has 2 aromatic rings. The molecule has 1 aliphatic heterocycles. The molecule has 0 unspecified atom stereocenters. The maximum Gasteiger partial charge on any atom is 0.381 e. The van der Waals surface area contributed by atoms with Crippen LogP contribution in [0.3, 0.4) is 0 Å². The molecule has 27 heavy (non-hydrogen) atoms. The number of amides is 2. The quantitative estimate of drug-likeness (QED) is 0.823. The lowest BCUT2D eigenvalue weighted by Gasteiger charge is -2.33. The zero-order chi connectivity index (χ0) is 19.4. The monoisotopic (exact) mass is 374 g/mol. The molecule has 1 fully saturated rings. The third-order valence-corrected chi connectivity index (χ3v) is 4.58. The molecular formula is C18H19FN4O4. The lowest BCUT2D eigenvalue weighted by Crippen LogP contribution is -2.47. The van der Waals surface area contributed by atoms with Crippen molar-refractivity contribution in [2.75, 3.05) is 26.2 Å². The zero-order valence-corrected chi connectivity index (χ0v) is 14.5. The first kappa shape index (κ1) is 18.7. The maximum absolute atomic E-state index is 13.3. The van der Waals surface area contributed by atoms with Gasteiger partial charge in [-0.3, -0.25) is 9.69 Å². The fraction of sp³-hybridized carbons (Fsp3) is 0.333. The second kappa shape index (κ2) is 8.09. The Morgan fingerprint density at radius 3 is 2.56 bits per heavy atom. The second-order valence-corrected chi connectivity index (χ2v) is 6.39. The molecule has 8 nitrogen and oxygen atoms in total. The van der Waals surface area contributed by atoms with E-state index in [9.17, 15) is 24.0 Å². The molecule has 0 spiro atoms. The van der Waals surface area contributed by atoms with Crippen LogP contribution in [0.1, 0.15) is 11.1 Å². The number of aromatic nitrogens is 1. The van der Waals surface area contributed by atoms with Gasteiger partial charge in [-0.2, -0.15) is 0 Å². The van der Waals surface area contributed by atoms with Crippen molar-refractivity contribution in [3.05, 3.63) is 68.7 Å². The average molecular weight is 374 g/mol. The minimum atomic E-state index is -0.780. The van der Waals surface area contributed by atoms with Crippen LogP contribution in [-0.2, 0) is 13.1 Å². The summed E-state index contributed by atoms with van der Waals surface area (Å²) in [4.78, 5) is 37.3. The van der Waals surface area contributed by atoms with Gasteiger partial charge in [-0.05, 0) is 23.8 Å². The number of halogens is 1. The summed E-state index contributed by atoms with van der Waals surface area (Å²) in [5.41, 5.74) is 0.549. The first-order chi connectivity index (χ1) is 13.0. The van der Waals surface area contributed by atoms with Gasteiger partial charge in [0, 0.05) is 49.7 Å². The van der Waals surface area contributed by atoms with Crippen LogP contribution in [0.25, 0.3) is 0 Å². The van der Waals surface area contributed by atoms with Gasteiger partial charge in [-0.25, -0.2) is 9.18 Å². The predicted molar refractivity (Wildman–Crippen MR) is 95.9 cm³/mol. The van der Waals surface area contributed by atoms with Crippen molar-refractivity contribution < 1.29 is 14.3 Å². The molecular weight excluding hydrogens is 355 g/mol. The molecule has 0 aliphatic carbocycles. The Kier molecular flexibility index (Phi) is 5.60. The number of hydrogen-bond donors (Lipinski definition) is 1. The molecule has 3 rings (SSSR count). The van der Waals surface area contributed by atoms with Gasteiger partial charge in [-0.15, -0.1) is 4.91 Å². The van der Waals surface area contributed by atoms with E-state index in [0.29, 0.717) is 43.9 Å².